The highest BCUT2D eigenvalue weighted by atomic mass is 15.2. The highest BCUT2D eigenvalue weighted by molar-refractivity contribution is 5.37. The van der Waals surface area contributed by atoms with E-state index in [1.54, 1.807) is 0 Å². The molecule has 17 heavy (non-hydrogen) atoms. The van der Waals surface area contributed by atoms with Crippen molar-refractivity contribution in [2.24, 2.45) is 0 Å². The van der Waals surface area contributed by atoms with Gasteiger partial charge < -0.3 is 5.32 Å². The average Bonchev–Trinajstić information content (AvgIpc) is 2.34. The predicted octanol–water partition coefficient (Wildman–Crippen LogP) is 2.27. The summed E-state index contributed by atoms with van der Waals surface area (Å²) < 4.78 is 0. The summed E-state index contributed by atoms with van der Waals surface area (Å²) in [5, 5.41) is 3.41. The largest absolute Gasteiger partial charge is 0.314 e. The number of nitrogens with one attached hydrogen (secondary N) is 1. The Morgan fingerprint density at radius 1 is 1.06 bits per heavy atom. The van der Waals surface area contributed by atoms with E-state index in [0.717, 1.165) is 26.1 Å². The van der Waals surface area contributed by atoms with Gasteiger partial charge in [-0.15, -0.1) is 0 Å². The van der Waals surface area contributed by atoms with Crippen molar-refractivity contribution in [2.45, 2.75) is 33.7 Å². The third-order valence-electron chi connectivity index (χ3n) is 3.78. The molecule has 0 aliphatic carbocycles. The van der Waals surface area contributed by atoms with Crippen LogP contribution in [-0.2, 0) is 13.0 Å². The van der Waals surface area contributed by atoms with Crippen LogP contribution in [0.4, 0.5) is 0 Å². The van der Waals surface area contributed by atoms with Crippen LogP contribution in [0.25, 0.3) is 0 Å². The van der Waals surface area contributed by atoms with Crippen LogP contribution in [-0.4, -0.2) is 31.1 Å². The second-order valence-electron chi connectivity index (χ2n) is 5.08. The van der Waals surface area contributed by atoms with Gasteiger partial charge in [-0.25, -0.2) is 0 Å². The quantitative estimate of drug-likeness (QED) is 0.860. The van der Waals surface area contributed by atoms with Crippen molar-refractivity contribution < 1.29 is 0 Å². The van der Waals surface area contributed by atoms with E-state index in [4.69, 9.17) is 0 Å². The molecule has 0 amide bonds. The average molecular weight is 232 g/mol. The standard InChI is InChI=1S/C15H24N2/c1-4-14-10-15(13(3)9-12(14)2)11-17-7-5-16-6-8-17/h9-10,16H,4-8,11H2,1-3H3. The van der Waals surface area contributed by atoms with Crippen LogP contribution in [0, 0.1) is 13.8 Å². The van der Waals surface area contributed by atoms with Crippen LogP contribution in [0.15, 0.2) is 12.1 Å². The molecule has 0 saturated carbocycles. The number of piperazine rings is 1. The fourth-order valence-corrected chi connectivity index (χ4v) is 2.61. The lowest BCUT2D eigenvalue weighted by molar-refractivity contribution is 0.233. The van der Waals surface area contributed by atoms with E-state index in [1.165, 1.54) is 35.3 Å². The third-order valence-corrected chi connectivity index (χ3v) is 3.78. The van der Waals surface area contributed by atoms with Gasteiger partial charge in [-0.3, -0.25) is 4.90 Å². The first kappa shape index (κ1) is 12.6. The normalized spacial score (nSPS) is 17.4. The van der Waals surface area contributed by atoms with Gasteiger partial charge in [0, 0.05) is 32.7 Å². The molecule has 94 valence electrons. The van der Waals surface area contributed by atoms with E-state index in [1.807, 2.05) is 0 Å². The first-order valence-corrected chi connectivity index (χ1v) is 6.72. The van der Waals surface area contributed by atoms with E-state index in [2.05, 4.69) is 43.1 Å². The van der Waals surface area contributed by atoms with Crippen molar-refractivity contribution in [1.82, 2.24) is 10.2 Å². The lowest BCUT2D eigenvalue weighted by Gasteiger charge is -2.28. The van der Waals surface area contributed by atoms with Gasteiger partial charge in [-0.05, 0) is 42.5 Å². The molecule has 1 aromatic rings. The molecule has 0 spiro atoms. The number of hydrogen-bond donors (Lipinski definition) is 1. The Balaban J connectivity index is 2.13. The SMILES string of the molecule is CCc1cc(CN2CCNCC2)c(C)cc1C. The highest BCUT2D eigenvalue weighted by Gasteiger charge is 2.12. The van der Waals surface area contributed by atoms with Crippen LogP contribution in [0.1, 0.15) is 29.2 Å². The second-order valence-corrected chi connectivity index (χ2v) is 5.08. The summed E-state index contributed by atoms with van der Waals surface area (Å²) in [5.41, 5.74) is 5.89. The molecule has 1 fully saturated rings. The summed E-state index contributed by atoms with van der Waals surface area (Å²) in [6.45, 7) is 12.4. The highest BCUT2D eigenvalue weighted by Crippen LogP contribution is 2.18. The van der Waals surface area contributed by atoms with Crippen LogP contribution >= 0.6 is 0 Å². The van der Waals surface area contributed by atoms with Crippen molar-refractivity contribution >= 4 is 0 Å². The fourth-order valence-electron chi connectivity index (χ4n) is 2.61. The Hall–Kier alpha value is -0.860. The van der Waals surface area contributed by atoms with Gasteiger partial charge in [0.1, 0.15) is 0 Å². The minimum atomic E-state index is 1.11. The first-order chi connectivity index (χ1) is 8.20. The lowest BCUT2D eigenvalue weighted by Crippen LogP contribution is -2.43. The summed E-state index contributed by atoms with van der Waals surface area (Å²) in [4.78, 5) is 2.55. The van der Waals surface area contributed by atoms with Gasteiger partial charge in [0.15, 0.2) is 0 Å². The molecule has 1 aromatic carbocycles. The summed E-state index contributed by atoms with van der Waals surface area (Å²) >= 11 is 0. The van der Waals surface area contributed by atoms with Crippen molar-refractivity contribution in [1.29, 1.82) is 0 Å². The van der Waals surface area contributed by atoms with E-state index in [9.17, 15) is 0 Å². The molecular weight excluding hydrogens is 208 g/mol. The summed E-state index contributed by atoms with van der Waals surface area (Å²) in [6, 6.07) is 4.75. The zero-order valence-corrected chi connectivity index (χ0v) is 11.3. The van der Waals surface area contributed by atoms with Crippen LogP contribution in [0.5, 0.6) is 0 Å². The molecular formula is C15H24N2. The molecule has 0 bridgehead atoms. The van der Waals surface area contributed by atoms with Gasteiger partial charge in [0.25, 0.3) is 0 Å². The first-order valence-electron chi connectivity index (χ1n) is 6.72. The molecule has 0 radical (unpaired) electrons. The molecule has 1 aliphatic rings. The topological polar surface area (TPSA) is 15.3 Å². The minimum Gasteiger partial charge on any atom is -0.314 e. The van der Waals surface area contributed by atoms with Crippen molar-refractivity contribution in [3.63, 3.8) is 0 Å². The van der Waals surface area contributed by atoms with Gasteiger partial charge in [0.2, 0.25) is 0 Å². The lowest BCUT2D eigenvalue weighted by atomic mass is 9.98. The predicted molar refractivity (Wildman–Crippen MR) is 73.4 cm³/mol. The number of benzene rings is 1. The number of nitrogens with zero attached hydrogens (tertiary/aromatic N) is 1. The monoisotopic (exact) mass is 232 g/mol. The molecule has 2 rings (SSSR count). The molecule has 0 aromatic heterocycles. The molecule has 2 nitrogen and oxygen atoms in total. The van der Waals surface area contributed by atoms with Crippen molar-refractivity contribution in [3.8, 4) is 0 Å². The third kappa shape index (κ3) is 3.08. The van der Waals surface area contributed by atoms with Gasteiger partial charge in [-0.1, -0.05) is 19.1 Å². The van der Waals surface area contributed by atoms with Gasteiger partial charge in [-0.2, -0.15) is 0 Å². The Labute approximate surface area is 105 Å². The molecule has 1 saturated heterocycles. The Morgan fingerprint density at radius 2 is 1.71 bits per heavy atom. The second kappa shape index (κ2) is 5.65. The van der Waals surface area contributed by atoms with E-state index >= 15 is 0 Å². The molecule has 1 N–H and O–H groups in total. The van der Waals surface area contributed by atoms with Crippen LogP contribution in [0.3, 0.4) is 0 Å². The number of aryl methyl sites for hydroxylation is 3. The Morgan fingerprint density at radius 3 is 2.35 bits per heavy atom. The fraction of sp³-hybridized carbons (Fsp3) is 0.600. The van der Waals surface area contributed by atoms with Crippen molar-refractivity contribution in [3.05, 3.63) is 34.4 Å². The number of hydrogen-bond acceptors (Lipinski definition) is 2. The van der Waals surface area contributed by atoms with Gasteiger partial charge in [0.05, 0.1) is 0 Å². The maximum atomic E-state index is 3.41. The van der Waals surface area contributed by atoms with E-state index < -0.39 is 0 Å². The summed E-state index contributed by atoms with van der Waals surface area (Å²) in [5.74, 6) is 0. The molecule has 0 unspecified atom stereocenters. The molecule has 1 aliphatic heterocycles. The zero-order valence-electron chi connectivity index (χ0n) is 11.3. The zero-order chi connectivity index (χ0) is 12.3. The van der Waals surface area contributed by atoms with E-state index in [-0.39, 0.29) is 0 Å². The smallest absolute Gasteiger partial charge is 0.0237 e. The molecule has 2 heteroatoms. The maximum absolute atomic E-state index is 3.41. The Kier molecular flexibility index (Phi) is 4.19. The molecule has 1 heterocycles. The van der Waals surface area contributed by atoms with E-state index in [0.29, 0.717) is 0 Å². The van der Waals surface area contributed by atoms with Crippen molar-refractivity contribution in [2.75, 3.05) is 26.2 Å². The van der Waals surface area contributed by atoms with Gasteiger partial charge >= 0.3 is 0 Å². The van der Waals surface area contributed by atoms with Crippen LogP contribution < -0.4 is 5.32 Å². The molecule has 0 atom stereocenters. The minimum absolute atomic E-state index is 1.11. The maximum Gasteiger partial charge on any atom is 0.0237 e. The Bertz CT molecular complexity index is 379. The summed E-state index contributed by atoms with van der Waals surface area (Å²) in [7, 11) is 0. The van der Waals surface area contributed by atoms with Crippen LogP contribution in [0.2, 0.25) is 0 Å². The number of rotatable bonds is 3. The summed E-state index contributed by atoms with van der Waals surface area (Å²) in [6.07, 6.45) is 1.14.